The summed E-state index contributed by atoms with van der Waals surface area (Å²) in [5.74, 6) is 0.0587. The normalized spacial score (nSPS) is 24.5. The monoisotopic (exact) mass is 343 g/mol. The van der Waals surface area contributed by atoms with E-state index in [9.17, 15) is 4.79 Å². The number of halogens is 2. The third kappa shape index (κ3) is 3.93. The van der Waals surface area contributed by atoms with Gasteiger partial charge in [-0.25, -0.2) is 0 Å². The van der Waals surface area contributed by atoms with Crippen molar-refractivity contribution >= 4 is 35.6 Å². The minimum Gasteiger partial charge on any atom is -0.325 e. The molecule has 2 heterocycles. The van der Waals surface area contributed by atoms with Crippen molar-refractivity contribution in [3.05, 3.63) is 28.8 Å². The van der Waals surface area contributed by atoms with Gasteiger partial charge in [0.25, 0.3) is 0 Å². The summed E-state index contributed by atoms with van der Waals surface area (Å²) in [6.07, 6.45) is 2.44. The van der Waals surface area contributed by atoms with E-state index in [1.165, 1.54) is 12.8 Å². The second-order valence-corrected chi connectivity index (χ2v) is 6.83. The number of nitrogens with zero attached hydrogens (tertiary/aromatic N) is 1. The zero-order chi connectivity index (χ0) is 14.9. The molecule has 0 radical (unpaired) electrons. The van der Waals surface area contributed by atoms with Crippen LogP contribution in [0.2, 0.25) is 5.02 Å². The van der Waals surface area contributed by atoms with E-state index in [1.54, 1.807) is 6.07 Å². The Hall–Kier alpha value is -0.810. The van der Waals surface area contributed by atoms with Crippen LogP contribution in [0.25, 0.3) is 0 Å². The molecule has 0 bridgehead atoms. The van der Waals surface area contributed by atoms with Crippen molar-refractivity contribution in [2.75, 3.05) is 38.0 Å². The number of rotatable bonds is 3. The molecule has 122 valence electrons. The van der Waals surface area contributed by atoms with Crippen molar-refractivity contribution < 1.29 is 4.79 Å². The van der Waals surface area contributed by atoms with Gasteiger partial charge < -0.3 is 10.6 Å². The van der Waals surface area contributed by atoms with Crippen LogP contribution >= 0.6 is 24.0 Å². The molecule has 2 saturated heterocycles. The molecule has 2 N–H and O–H groups in total. The molecule has 3 rings (SSSR count). The third-order valence-electron chi connectivity index (χ3n) is 4.68. The largest absolute Gasteiger partial charge is 0.325 e. The van der Waals surface area contributed by atoms with Crippen molar-refractivity contribution in [2.45, 2.75) is 19.8 Å². The molecule has 6 heteroatoms. The molecule has 1 atom stereocenters. The average molecular weight is 344 g/mol. The number of amides is 1. The fraction of sp³-hybridized carbons (Fsp3) is 0.562. The maximum absolute atomic E-state index is 12.2. The topological polar surface area (TPSA) is 44.4 Å². The van der Waals surface area contributed by atoms with Gasteiger partial charge in [0.1, 0.15) is 0 Å². The molecule has 0 saturated carbocycles. The van der Waals surface area contributed by atoms with Gasteiger partial charge in [0.2, 0.25) is 5.91 Å². The predicted octanol–water partition coefficient (Wildman–Crippen LogP) is 2.69. The van der Waals surface area contributed by atoms with Gasteiger partial charge in [0.15, 0.2) is 0 Å². The van der Waals surface area contributed by atoms with Crippen LogP contribution in [0, 0.1) is 12.3 Å². The zero-order valence-electron chi connectivity index (χ0n) is 12.8. The van der Waals surface area contributed by atoms with Crippen LogP contribution in [-0.4, -0.2) is 43.5 Å². The minimum absolute atomic E-state index is 0. The summed E-state index contributed by atoms with van der Waals surface area (Å²) >= 11 is 5.93. The highest BCUT2D eigenvalue weighted by atomic mass is 35.5. The van der Waals surface area contributed by atoms with Crippen LogP contribution in [0.3, 0.4) is 0 Å². The molecule has 22 heavy (non-hydrogen) atoms. The summed E-state index contributed by atoms with van der Waals surface area (Å²) in [4.78, 5) is 14.5. The summed E-state index contributed by atoms with van der Waals surface area (Å²) < 4.78 is 0. The van der Waals surface area contributed by atoms with E-state index in [2.05, 4.69) is 15.5 Å². The van der Waals surface area contributed by atoms with Crippen molar-refractivity contribution in [3.63, 3.8) is 0 Å². The predicted molar refractivity (Wildman–Crippen MR) is 93.0 cm³/mol. The van der Waals surface area contributed by atoms with E-state index >= 15 is 0 Å². The van der Waals surface area contributed by atoms with Crippen LogP contribution in [0.5, 0.6) is 0 Å². The first kappa shape index (κ1) is 17.5. The second-order valence-electron chi connectivity index (χ2n) is 6.39. The molecule has 1 aromatic carbocycles. The summed E-state index contributed by atoms with van der Waals surface area (Å²) in [6.45, 7) is 6.70. The Morgan fingerprint density at radius 3 is 2.95 bits per heavy atom. The smallest absolute Gasteiger partial charge is 0.238 e. The second kappa shape index (κ2) is 7.18. The number of anilines is 1. The molecule has 1 spiro atoms. The molecular weight excluding hydrogens is 321 g/mol. The highest BCUT2D eigenvalue weighted by Gasteiger charge is 2.40. The molecule has 0 aromatic heterocycles. The van der Waals surface area contributed by atoms with E-state index < -0.39 is 0 Å². The Bertz CT molecular complexity index is 544. The number of aryl methyl sites for hydroxylation is 1. The first-order valence-electron chi connectivity index (χ1n) is 7.55. The number of hydrogen-bond donors (Lipinski definition) is 2. The Morgan fingerprint density at radius 1 is 1.45 bits per heavy atom. The molecule has 2 aliphatic heterocycles. The van der Waals surface area contributed by atoms with Gasteiger partial charge in [0.05, 0.1) is 6.54 Å². The lowest BCUT2D eigenvalue weighted by molar-refractivity contribution is -0.117. The highest BCUT2D eigenvalue weighted by molar-refractivity contribution is 6.30. The highest BCUT2D eigenvalue weighted by Crippen LogP contribution is 2.35. The molecule has 1 aromatic rings. The lowest BCUT2D eigenvalue weighted by atomic mass is 9.87. The summed E-state index contributed by atoms with van der Waals surface area (Å²) in [7, 11) is 0. The SMILES string of the molecule is Cc1cc(Cl)ccc1NC(=O)CN1CCC2(CCNC2)C1.Cl. The molecule has 1 amide bonds. The quantitative estimate of drug-likeness (QED) is 0.886. The van der Waals surface area contributed by atoms with E-state index in [0.29, 0.717) is 17.0 Å². The van der Waals surface area contributed by atoms with Gasteiger partial charge in [-0.2, -0.15) is 0 Å². The Kier molecular flexibility index (Phi) is 5.72. The van der Waals surface area contributed by atoms with Gasteiger partial charge in [-0.1, -0.05) is 11.6 Å². The standard InChI is InChI=1S/C16H22ClN3O.ClH/c1-12-8-13(17)2-3-14(12)19-15(21)9-20-7-5-16(11-20)4-6-18-10-16;/h2-3,8,18H,4-7,9-11H2,1H3,(H,19,21);1H. The van der Waals surface area contributed by atoms with Crippen LogP contribution in [0.15, 0.2) is 18.2 Å². The fourth-order valence-corrected chi connectivity index (χ4v) is 3.69. The van der Waals surface area contributed by atoms with E-state index in [4.69, 9.17) is 11.6 Å². The van der Waals surface area contributed by atoms with Crippen molar-refractivity contribution in [3.8, 4) is 0 Å². The number of benzene rings is 1. The first-order valence-corrected chi connectivity index (χ1v) is 7.93. The van der Waals surface area contributed by atoms with Crippen LogP contribution in [0.4, 0.5) is 5.69 Å². The van der Waals surface area contributed by atoms with Crippen molar-refractivity contribution in [1.82, 2.24) is 10.2 Å². The van der Waals surface area contributed by atoms with Crippen molar-refractivity contribution in [2.24, 2.45) is 5.41 Å². The Morgan fingerprint density at radius 2 is 2.27 bits per heavy atom. The van der Waals surface area contributed by atoms with E-state index in [-0.39, 0.29) is 18.3 Å². The minimum atomic E-state index is 0. The maximum atomic E-state index is 12.2. The molecule has 0 aliphatic carbocycles. The number of carbonyl (C=O) groups excluding carboxylic acids is 1. The molecule has 2 aliphatic rings. The average Bonchev–Trinajstić information content (AvgIpc) is 3.04. The maximum Gasteiger partial charge on any atom is 0.238 e. The molecule has 2 fully saturated rings. The molecule has 1 unspecified atom stereocenters. The van der Waals surface area contributed by atoms with E-state index in [0.717, 1.165) is 37.4 Å². The Labute approximate surface area is 143 Å². The lowest BCUT2D eigenvalue weighted by Crippen LogP contribution is -2.34. The number of likely N-dealkylation sites (tertiary alicyclic amines) is 1. The van der Waals surface area contributed by atoms with Crippen LogP contribution < -0.4 is 10.6 Å². The number of carbonyl (C=O) groups is 1. The third-order valence-corrected chi connectivity index (χ3v) is 4.91. The zero-order valence-corrected chi connectivity index (χ0v) is 14.4. The summed E-state index contributed by atoms with van der Waals surface area (Å²) in [6, 6.07) is 5.54. The van der Waals surface area contributed by atoms with Gasteiger partial charge in [-0.15, -0.1) is 12.4 Å². The van der Waals surface area contributed by atoms with Gasteiger partial charge >= 0.3 is 0 Å². The Balaban J connectivity index is 0.00000176. The molecule has 4 nitrogen and oxygen atoms in total. The van der Waals surface area contributed by atoms with Crippen LogP contribution in [-0.2, 0) is 4.79 Å². The lowest BCUT2D eigenvalue weighted by Gasteiger charge is -2.22. The molecular formula is C16H23Cl2N3O. The van der Waals surface area contributed by atoms with Gasteiger partial charge in [0, 0.05) is 23.8 Å². The van der Waals surface area contributed by atoms with E-state index in [1.807, 2.05) is 19.1 Å². The fourth-order valence-electron chi connectivity index (χ4n) is 3.47. The summed E-state index contributed by atoms with van der Waals surface area (Å²) in [5, 5.41) is 7.13. The first-order chi connectivity index (χ1) is 10.1. The number of nitrogens with one attached hydrogen (secondary N) is 2. The number of hydrogen-bond acceptors (Lipinski definition) is 3. The van der Waals surface area contributed by atoms with Crippen molar-refractivity contribution in [1.29, 1.82) is 0 Å². The van der Waals surface area contributed by atoms with Gasteiger partial charge in [-0.3, -0.25) is 9.69 Å². The summed E-state index contributed by atoms with van der Waals surface area (Å²) in [5.41, 5.74) is 2.26. The van der Waals surface area contributed by atoms with Gasteiger partial charge in [-0.05, 0) is 62.0 Å². The van der Waals surface area contributed by atoms with Crippen LogP contribution in [0.1, 0.15) is 18.4 Å².